The standard InChI is InChI=1S/C16H27N.C16H26.C4H10O6S3/c1-3-5-9-14(10-6-4-2)16-12-8-7-11-15(16)13-17;1-4-6-10-15(11-7-5-2)16-12-8-9-14(3)13-16;5-12(6,7)3-4(1-2-11)13(8,9)10/h7-8,11-12,14H,3-6,9-10,13,17H2,1-2H3;8-9,12-13,15H,4-7,10-11H2,1-3H3;4,11H,1-3H2,(H,5,6,7)(H,8,9,10). The van der Waals surface area contributed by atoms with E-state index in [1.807, 2.05) is 0 Å². The molecule has 0 saturated heterocycles. The average Bonchev–Trinajstić information content (AvgIpc) is 3.00. The van der Waals surface area contributed by atoms with Crippen LogP contribution in [0.25, 0.3) is 0 Å². The summed E-state index contributed by atoms with van der Waals surface area (Å²) in [5, 5.41) is -1.51. The van der Waals surface area contributed by atoms with Crippen LogP contribution in [0.2, 0.25) is 0 Å². The lowest BCUT2D eigenvalue weighted by molar-refractivity contribution is 0.456. The van der Waals surface area contributed by atoms with Gasteiger partial charge in [-0.15, -0.1) is 0 Å². The zero-order valence-corrected chi connectivity index (χ0v) is 31.6. The Hall–Kier alpha value is -1.43. The van der Waals surface area contributed by atoms with Gasteiger partial charge in [0.15, 0.2) is 0 Å². The van der Waals surface area contributed by atoms with Crippen molar-refractivity contribution in [1.29, 1.82) is 0 Å². The first-order valence-corrected chi connectivity index (χ1v) is 20.9. The third-order valence-corrected chi connectivity index (χ3v) is 10.7. The Morgan fingerprint density at radius 3 is 1.63 bits per heavy atom. The van der Waals surface area contributed by atoms with E-state index in [9.17, 15) is 16.8 Å². The van der Waals surface area contributed by atoms with Crippen molar-refractivity contribution in [2.45, 2.75) is 142 Å². The molecule has 4 N–H and O–H groups in total. The number of hydrogen-bond acceptors (Lipinski definition) is 6. The van der Waals surface area contributed by atoms with Crippen LogP contribution in [0, 0.1) is 6.92 Å². The fraction of sp³-hybridized carbons (Fsp3) is 0.667. The van der Waals surface area contributed by atoms with Crippen LogP contribution in [-0.2, 0) is 26.8 Å². The number of hydrogen-bond donors (Lipinski definition) is 4. The number of unbranched alkanes of at least 4 members (excludes halogenated alkanes) is 4. The summed E-state index contributed by atoms with van der Waals surface area (Å²) in [6.45, 7) is 12.0. The van der Waals surface area contributed by atoms with Crippen molar-refractivity contribution in [2.24, 2.45) is 5.73 Å². The lowest BCUT2D eigenvalue weighted by Crippen LogP contribution is -2.29. The molecule has 266 valence electrons. The lowest BCUT2D eigenvalue weighted by atomic mass is 9.86. The molecule has 2 rings (SSSR count). The molecule has 0 heterocycles. The van der Waals surface area contributed by atoms with Crippen LogP contribution in [0.1, 0.15) is 145 Å². The van der Waals surface area contributed by atoms with E-state index in [2.05, 4.69) is 95.8 Å². The van der Waals surface area contributed by atoms with Gasteiger partial charge in [0.05, 0.1) is 5.75 Å². The predicted molar refractivity (Wildman–Crippen MR) is 199 cm³/mol. The summed E-state index contributed by atoms with van der Waals surface area (Å²) in [4.78, 5) is 0. The van der Waals surface area contributed by atoms with Crippen LogP contribution in [0.4, 0.5) is 0 Å². The van der Waals surface area contributed by atoms with Crippen LogP contribution in [-0.4, -0.2) is 42.7 Å². The zero-order valence-electron chi connectivity index (χ0n) is 29.0. The van der Waals surface area contributed by atoms with Gasteiger partial charge in [0.2, 0.25) is 0 Å². The molecule has 0 fully saturated rings. The number of thiol groups is 1. The molecule has 1 unspecified atom stereocenters. The van der Waals surface area contributed by atoms with Crippen LogP contribution in [0.5, 0.6) is 0 Å². The first kappa shape index (κ1) is 44.6. The maximum absolute atomic E-state index is 10.5. The van der Waals surface area contributed by atoms with Gasteiger partial charge in [-0.1, -0.05) is 133 Å². The van der Waals surface area contributed by atoms with Gasteiger partial charge in [-0.25, -0.2) is 0 Å². The zero-order chi connectivity index (χ0) is 35.0. The third kappa shape index (κ3) is 20.7. The van der Waals surface area contributed by atoms with Crippen molar-refractivity contribution < 1.29 is 25.9 Å². The van der Waals surface area contributed by atoms with E-state index in [1.165, 1.54) is 93.7 Å². The molecule has 0 aromatic heterocycles. The average molecular weight is 702 g/mol. The van der Waals surface area contributed by atoms with Crippen LogP contribution >= 0.6 is 12.6 Å². The van der Waals surface area contributed by atoms with Crippen molar-refractivity contribution in [3.63, 3.8) is 0 Å². The van der Waals surface area contributed by atoms with Gasteiger partial charge in [-0.05, 0) is 73.3 Å². The molecule has 0 aliphatic carbocycles. The number of rotatable bonds is 20. The molecule has 46 heavy (non-hydrogen) atoms. The topological polar surface area (TPSA) is 135 Å². The molecule has 0 bridgehead atoms. The summed E-state index contributed by atoms with van der Waals surface area (Å²) in [6.07, 6.45) is 15.8. The second-order valence-electron chi connectivity index (χ2n) is 12.2. The fourth-order valence-electron chi connectivity index (χ4n) is 5.47. The van der Waals surface area contributed by atoms with E-state index in [4.69, 9.17) is 14.8 Å². The molecule has 0 aliphatic heterocycles. The molecule has 0 radical (unpaired) electrons. The van der Waals surface area contributed by atoms with Crippen molar-refractivity contribution in [3.05, 3.63) is 70.8 Å². The Morgan fingerprint density at radius 1 is 0.717 bits per heavy atom. The maximum Gasteiger partial charge on any atom is 0.268 e. The van der Waals surface area contributed by atoms with Crippen molar-refractivity contribution >= 4 is 32.9 Å². The molecule has 1 atom stereocenters. The van der Waals surface area contributed by atoms with Gasteiger partial charge >= 0.3 is 0 Å². The summed E-state index contributed by atoms with van der Waals surface area (Å²) in [6, 6.07) is 17.8. The van der Waals surface area contributed by atoms with Crippen LogP contribution in [0.3, 0.4) is 0 Å². The summed E-state index contributed by atoms with van der Waals surface area (Å²) in [7, 11) is -8.85. The SMILES string of the molecule is CCCCC(CCCC)c1cccc(C)c1.CCCCC(CCCC)c1ccccc1CN.O=S(=O)(O)CC(CCS)S(=O)(=O)O. The van der Waals surface area contributed by atoms with E-state index < -0.39 is 31.2 Å². The van der Waals surface area contributed by atoms with Crippen molar-refractivity contribution in [1.82, 2.24) is 0 Å². The van der Waals surface area contributed by atoms with Gasteiger partial charge in [-0.2, -0.15) is 29.5 Å². The Bertz CT molecular complexity index is 1250. The highest BCUT2D eigenvalue weighted by atomic mass is 32.2. The molecule has 10 heteroatoms. The number of nitrogens with two attached hydrogens (primary N) is 1. The van der Waals surface area contributed by atoms with Gasteiger partial charge in [0, 0.05) is 6.54 Å². The minimum absolute atomic E-state index is 0.0972. The molecule has 0 spiro atoms. The molecular weight excluding hydrogens is 639 g/mol. The normalized spacial score (nSPS) is 12.3. The summed E-state index contributed by atoms with van der Waals surface area (Å²) in [5.74, 6) is 0.598. The molecule has 0 saturated carbocycles. The Labute approximate surface area is 287 Å². The lowest BCUT2D eigenvalue weighted by Gasteiger charge is -2.20. The van der Waals surface area contributed by atoms with Crippen molar-refractivity contribution in [3.8, 4) is 0 Å². The van der Waals surface area contributed by atoms with E-state index >= 15 is 0 Å². The van der Waals surface area contributed by atoms with Gasteiger partial charge in [0.25, 0.3) is 20.2 Å². The quantitative estimate of drug-likeness (QED) is 0.0798. The number of benzene rings is 2. The smallest absolute Gasteiger partial charge is 0.268 e. The highest BCUT2D eigenvalue weighted by molar-refractivity contribution is 7.90. The minimum Gasteiger partial charge on any atom is -0.326 e. The Morgan fingerprint density at radius 2 is 1.22 bits per heavy atom. The largest absolute Gasteiger partial charge is 0.326 e. The Balaban J connectivity index is 0.000000667. The van der Waals surface area contributed by atoms with E-state index in [0.717, 1.165) is 11.8 Å². The molecular formula is C36H63NO6S3. The molecule has 2 aromatic carbocycles. The maximum atomic E-state index is 10.5. The minimum atomic E-state index is -4.45. The summed E-state index contributed by atoms with van der Waals surface area (Å²) >= 11 is 3.69. The second-order valence-corrected chi connectivity index (χ2v) is 15.8. The molecule has 0 aliphatic rings. The van der Waals surface area contributed by atoms with E-state index in [0.29, 0.717) is 6.54 Å². The molecule has 0 amide bonds. The van der Waals surface area contributed by atoms with Crippen LogP contribution < -0.4 is 5.73 Å². The fourth-order valence-corrected chi connectivity index (χ4v) is 8.22. The third-order valence-electron chi connectivity index (χ3n) is 8.12. The van der Waals surface area contributed by atoms with Gasteiger partial charge in [-0.3, -0.25) is 9.11 Å². The van der Waals surface area contributed by atoms with Gasteiger partial charge < -0.3 is 5.73 Å². The summed E-state index contributed by atoms with van der Waals surface area (Å²) < 4.78 is 58.6. The first-order valence-electron chi connectivity index (χ1n) is 17.1. The van der Waals surface area contributed by atoms with Crippen molar-refractivity contribution in [2.75, 3.05) is 11.5 Å². The second kappa shape index (κ2) is 25.6. The first-order chi connectivity index (χ1) is 21.8. The summed E-state index contributed by atoms with van der Waals surface area (Å²) in [5.41, 5.74) is 11.6. The van der Waals surface area contributed by atoms with Gasteiger partial charge in [0.1, 0.15) is 5.25 Å². The number of aryl methyl sites for hydroxylation is 1. The van der Waals surface area contributed by atoms with Crippen LogP contribution in [0.15, 0.2) is 48.5 Å². The monoisotopic (exact) mass is 701 g/mol. The molecule has 2 aromatic rings. The highest BCUT2D eigenvalue weighted by Crippen LogP contribution is 2.30. The predicted octanol–water partition coefficient (Wildman–Crippen LogP) is 9.52. The Kier molecular flexibility index (Phi) is 24.8. The van der Waals surface area contributed by atoms with E-state index in [-0.39, 0.29) is 12.2 Å². The highest BCUT2D eigenvalue weighted by Gasteiger charge is 2.27. The molecule has 7 nitrogen and oxygen atoms in total. The van der Waals surface area contributed by atoms with E-state index in [1.54, 1.807) is 5.56 Å².